The summed E-state index contributed by atoms with van der Waals surface area (Å²) in [6.45, 7) is 4.08. The summed E-state index contributed by atoms with van der Waals surface area (Å²) in [4.78, 5) is 12.3. The van der Waals surface area contributed by atoms with Crippen LogP contribution in [0.5, 0.6) is 0 Å². The monoisotopic (exact) mass is 495 g/mol. The average molecular weight is 496 g/mol. The maximum absolute atomic E-state index is 12.3. The van der Waals surface area contributed by atoms with Crippen molar-refractivity contribution in [2.24, 2.45) is 0 Å². The normalized spacial score (nSPS) is 14.5. The number of amides is 1. The van der Waals surface area contributed by atoms with Crippen LogP contribution in [0.4, 0.5) is 0 Å². The molecule has 3 unspecified atom stereocenters. The highest BCUT2D eigenvalue weighted by molar-refractivity contribution is 5.80. The Bertz CT molecular complexity index is 520. The molecule has 0 radical (unpaired) electrons. The van der Waals surface area contributed by atoms with E-state index in [9.17, 15) is 20.1 Å². The van der Waals surface area contributed by atoms with E-state index in [0.29, 0.717) is 6.42 Å². The van der Waals surface area contributed by atoms with Crippen LogP contribution < -0.4 is 5.32 Å². The lowest BCUT2D eigenvalue weighted by Gasteiger charge is -2.21. The first-order chi connectivity index (χ1) is 17.1. The molecule has 0 aliphatic heterocycles. The first kappa shape index (κ1) is 33.8. The van der Waals surface area contributed by atoms with E-state index in [4.69, 9.17) is 0 Å². The molecule has 0 fully saturated rings. The molecule has 0 aliphatic rings. The van der Waals surface area contributed by atoms with Crippen molar-refractivity contribution < 1.29 is 20.1 Å². The number of hydrogen-bond donors (Lipinski definition) is 4. The molecule has 0 aromatic heterocycles. The van der Waals surface area contributed by atoms with E-state index in [-0.39, 0.29) is 6.61 Å². The molecule has 0 saturated heterocycles. The van der Waals surface area contributed by atoms with Gasteiger partial charge in [-0.05, 0) is 32.1 Å². The molecule has 1 amide bonds. The minimum atomic E-state index is -1.10. The van der Waals surface area contributed by atoms with Gasteiger partial charge in [-0.25, -0.2) is 0 Å². The van der Waals surface area contributed by atoms with E-state index in [2.05, 4.69) is 31.3 Å². The Morgan fingerprint density at radius 3 is 1.74 bits per heavy atom. The summed E-state index contributed by atoms with van der Waals surface area (Å²) >= 11 is 0. The number of aliphatic hydroxyl groups excluding tert-OH is 3. The number of nitrogens with one attached hydrogen (secondary N) is 1. The van der Waals surface area contributed by atoms with Crippen LogP contribution in [0.3, 0.4) is 0 Å². The summed E-state index contributed by atoms with van der Waals surface area (Å²) < 4.78 is 0. The lowest BCUT2D eigenvalue weighted by Crippen LogP contribution is -2.48. The summed E-state index contributed by atoms with van der Waals surface area (Å²) in [5, 5.41) is 32.6. The van der Waals surface area contributed by atoms with E-state index in [0.717, 1.165) is 38.5 Å². The van der Waals surface area contributed by atoms with E-state index in [1.54, 1.807) is 6.08 Å². The van der Waals surface area contributed by atoms with E-state index < -0.39 is 24.2 Å². The third kappa shape index (κ3) is 21.8. The largest absolute Gasteiger partial charge is 0.394 e. The molecule has 4 N–H and O–H groups in total. The number of hydrogen-bond acceptors (Lipinski definition) is 4. The van der Waals surface area contributed by atoms with Crippen molar-refractivity contribution in [3.8, 4) is 0 Å². The van der Waals surface area contributed by atoms with Crippen LogP contribution in [0.1, 0.15) is 136 Å². The van der Waals surface area contributed by atoms with E-state index in [1.165, 1.54) is 77.0 Å². The van der Waals surface area contributed by atoms with Crippen molar-refractivity contribution in [3.63, 3.8) is 0 Å². The Morgan fingerprint density at radius 2 is 1.17 bits per heavy atom. The Labute approximate surface area is 216 Å². The first-order valence-corrected chi connectivity index (χ1v) is 14.7. The van der Waals surface area contributed by atoms with Crippen LogP contribution in [0.25, 0.3) is 0 Å². The summed E-state index contributed by atoms with van der Waals surface area (Å²) in [6.07, 6.45) is 27.6. The third-order valence-corrected chi connectivity index (χ3v) is 6.54. The van der Waals surface area contributed by atoms with Crippen LogP contribution in [-0.2, 0) is 4.79 Å². The molecule has 0 saturated carbocycles. The number of unbranched alkanes of at least 4 members (excludes halogenated alkanes) is 15. The number of allylic oxidation sites excluding steroid dienone is 3. The van der Waals surface area contributed by atoms with Crippen LogP contribution in [0.15, 0.2) is 24.3 Å². The van der Waals surface area contributed by atoms with Gasteiger partial charge in [0.2, 0.25) is 5.91 Å². The van der Waals surface area contributed by atoms with E-state index >= 15 is 0 Å². The molecule has 0 spiro atoms. The van der Waals surface area contributed by atoms with Crippen molar-refractivity contribution >= 4 is 5.91 Å². The molecule has 5 heteroatoms. The van der Waals surface area contributed by atoms with Gasteiger partial charge >= 0.3 is 0 Å². The second-order valence-electron chi connectivity index (χ2n) is 9.95. The van der Waals surface area contributed by atoms with Crippen molar-refractivity contribution in [2.75, 3.05) is 6.61 Å². The zero-order valence-corrected chi connectivity index (χ0v) is 22.9. The second-order valence-corrected chi connectivity index (χ2v) is 9.95. The summed E-state index contributed by atoms with van der Waals surface area (Å²) in [5.74, 6) is -0.519. The molecular weight excluding hydrogens is 438 g/mol. The van der Waals surface area contributed by atoms with Gasteiger partial charge in [0.25, 0.3) is 0 Å². The highest BCUT2D eigenvalue weighted by Crippen LogP contribution is 2.13. The van der Waals surface area contributed by atoms with Gasteiger partial charge in [-0.1, -0.05) is 128 Å². The fourth-order valence-electron chi connectivity index (χ4n) is 4.14. The fraction of sp³-hybridized carbons (Fsp3) is 0.833. The lowest BCUT2D eigenvalue weighted by atomic mass is 10.0. The number of rotatable bonds is 25. The zero-order valence-electron chi connectivity index (χ0n) is 22.9. The third-order valence-electron chi connectivity index (χ3n) is 6.54. The van der Waals surface area contributed by atoms with Gasteiger partial charge in [0.1, 0.15) is 6.10 Å². The molecular formula is C30H57NO4. The highest BCUT2D eigenvalue weighted by atomic mass is 16.3. The van der Waals surface area contributed by atoms with Gasteiger partial charge in [0.05, 0.1) is 18.8 Å². The zero-order chi connectivity index (χ0) is 26.0. The molecule has 0 aromatic carbocycles. The lowest BCUT2D eigenvalue weighted by molar-refractivity contribution is -0.131. The second kappa shape index (κ2) is 25.9. The molecule has 0 heterocycles. The molecule has 0 rings (SSSR count). The minimum Gasteiger partial charge on any atom is -0.394 e. The first-order valence-electron chi connectivity index (χ1n) is 14.7. The Morgan fingerprint density at radius 1 is 0.686 bits per heavy atom. The number of aliphatic hydroxyl groups is 3. The predicted octanol–water partition coefficient (Wildman–Crippen LogP) is 6.75. The molecule has 35 heavy (non-hydrogen) atoms. The average Bonchev–Trinajstić information content (AvgIpc) is 2.86. The molecule has 0 bridgehead atoms. The van der Waals surface area contributed by atoms with Gasteiger partial charge in [-0.15, -0.1) is 0 Å². The topological polar surface area (TPSA) is 89.8 Å². The van der Waals surface area contributed by atoms with Gasteiger partial charge < -0.3 is 20.6 Å². The fourth-order valence-corrected chi connectivity index (χ4v) is 4.14. The summed E-state index contributed by atoms with van der Waals surface area (Å²) in [6, 6.07) is -0.806. The maximum Gasteiger partial charge on any atom is 0.249 e. The van der Waals surface area contributed by atoms with Crippen molar-refractivity contribution in [1.82, 2.24) is 5.32 Å². The standard InChI is InChI=1S/C30H57NO4/c1-3-5-7-9-11-13-15-17-19-21-23-25-29(34)30(35)31-27(26-32)28(33)24-22-20-18-16-14-12-10-8-6-4-2/h14,16,22,24,27-29,32-34H,3-13,15,17-21,23,25-26H2,1-2H3,(H,31,35)/b16-14+,24-22+. The van der Waals surface area contributed by atoms with Crippen molar-refractivity contribution in [1.29, 1.82) is 0 Å². The van der Waals surface area contributed by atoms with Crippen molar-refractivity contribution in [2.45, 2.75) is 154 Å². The Kier molecular flexibility index (Phi) is 25.0. The van der Waals surface area contributed by atoms with Gasteiger partial charge in [-0.2, -0.15) is 0 Å². The maximum atomic E-state index is 12.3. The minimum absolute atomic E-state index is 0.375. The number of carbonyl (C=O) groups excluding carboxylic acids is 1. The molecule has 0 aliphatic carbocycles. The van der Waals surface area contributed by atoms with E-state index in [1.807, 2.05) is 6.08 Å². The highest BCUT2D eigenvalue weighted by Gasteiger charge is 2.22. The van der Waals surface area contributed by atoms with Gasteiger partial charge in [0.15, 0.2) is 0 Å². The molecule has 5 nitrogen and oxygen atoms in total. The molecule has 206 valence electrons. The summed E-state index contributed by atoms with van der Waals surface area (Å²) in [7, 11) is 0. The van der Waals surface area contributed by atoms with Crippen LogP contribution >= 0.6 is 0 Å². The summed E-state index contributed by atoms with van der Waals surface area (Å²) in [5.41, 5.74) is 0. The van der Waals surface area contributed by atoms with Crippen LogP contribution in [0.2, 0.25) is 0 Å². The Hall–Kier alpha value is -1.17. The van der Waals surface area contributed by atoms with Crippen LogP contribution in [-0.4, -0.2) is 46.1 Å². The smallest absolute Gasteiger partial charge is 0.249 e. The van der Waals surface area contributed by atoms with Crippen LogP contribution in [0, 0.1) is 0 Å². The quantitative estimate of drug-likeness (QED) is 0.0833. The van der Waals surface area contributed by atoms with Crippen molar-refractivity contribution in [3.05, 3.63) is 24.3 Å². The molecule has 3 atom stereocenters. The predicted molar refractivity (Wildman–Crippen MR) is 148 cm³/mol. The molecule has 0 aromatic rings. The Balaban J connectivity index is 3.90. The SMILES string of the molecule is CCCCCC/C=C/CC/C=C/C(O)C(CO)NC(=O)C(O)CCCCCCCCCCCCC. The van der Waals surface area contributed by atoms with Gasteiger partial charge in [-0.3, -0.25) is 4.79 Å². The number of carbonyl (C=O) groups is 1. The van der Waals surface area contributed by atoms with Gasteiger partial charge in [0, 0.05) is 0 Å².